The molecule has 152 valence electrons. The van der Waals surface area contributed by atoms with E-state index in [1.165, 1.54) is 6.26 Å². The minimum absolute atomic E-state index is 0.333. The normalized spacial score (nSPS) is 12.0. The van der Waals surface area contributed by atoms with Gasteiger partial charge in [0, 0.05) is 45.0 Å². The molecular weight excluding hydrogens is 388 g/mol. The quantitative estimate of drug-likeness (QED) is 0.451. The predicted molar refractivity (Wildman–Crippen MR) is 113 cm³/mol. The summed E-state index contributed by atoms with van der Waals surface area (Å²) in [5.41, 5.74) is 2.09. The number of imidazole rings is 1. The fourth-order valence-corrected chi connectivity index (χ4v) is 3.33. The number of nitrogens with zero attached hydrogens (tertiary/aromatic N) is 4. The summed E-state index contributed by atoms with van der Waals surface area (Å²) in [5, 5.41) is 6.51. The lowest BCUT2D eigenvalue weighted by molar-refractivity contribution is 0.602. The Morgan fingerprint density at radius 2 is 1.86 bits per heavy atom. The number of nitrogens with one attached hydrogen (secondary N) is 2. The first kappa shape index (κ1) is 20.5. The summed E-state index contributed by atoms with van der Waals surface area (Å²) in [5.74, 6) is 1.51. The number of hydrogen-bond acceptors (Lipinski definition) is 5. The number of hydrogen-bond donors (Lipinski definition) is 2. The van der Waals surface area contributed by atoms with Crippen molar-refractivity contribution in [2.45, 2.75) is 17.9 Å². The van der Waals surface area contributed by atoms with Gasteiger partial charge in [0.2, 0.25) is 0 Å². The Morgan fingerprint density at radius 1 is 1.10 bits per heavy atom. The van der Waals surface area contributed by atoms with Crippen molar-refractivity contribution < 1.29 is 8.42 Å². The molecule has 3 rings (SSSR count). The largest absolute Gasteiger partial charge is 0.356 e. The zero-order chi connectivity index (χ0) is 20.7. The second-order valence-corrected chi connectivity index (χ2v) is 8.53. The molecule has 0 amide bonds. The molecule has 2 heterocycles. The van der Waals surface area contributed by atoms with Crippen LogP contribution in [0.25, 0.3) is 5.82 Å². The van der Waals surface area contributed by atoms with E-state index >= 15 is 0 Å². The molecule has 0 spiro atoms. The van der Waals surface area contributed by atoms with Gasteiger partial charge in [-0.3, -0.25) is 9.56 Å². The maximum atomic E-state index is 11.5. The molecule has 1 aromatic carbocycles. The molecule has 0 aliphatic heterocycles. The zero-order valence-electron chi connectivity index (χ0n) is 16.4. The summed E-state index contributed by atoms with van der Waals surface area (Å²) >= 11 is 0. The molecule has 29 heavy (non-hydrogen) atoms. The van der Waals surface area contributed by atoms with E-state index in [1.807, 2.05) is 41.2 Å². The van der Waals surface area contributed by atoms with Gasteiger partial charge in [0.05, 0.1) is 4.90 Å². The summed E-state index contributed by atoms with van der Waals surface area (Å²) in [4.78, 5) is 13.0. The number of pyridine rings is 1. The zero-order valence-corrected chi connectivity index (χ0v) is 17.2. The van der Waals surface area contributed by atoms with Crippen molar-refractivity contribution >= 4 is 15.8 Å². The Balaban J connectivity index is 1.46. The van der Waals surface area contributed by atoms with Crippen LogP contribution in [0.2, 0.25) is 0 Å². The summed E-state index contributed by atoms with van der Waals surface area (Å²) in [6, 6.07) is 10.9. The third-order valence-electron chi connectivity index (χ3n) is 4.32. The average molecular weight is 413 g/mol. The topological polar surface area (TPSA) is 101 Å². The van der Waals surface area contributed by atoms with Crippen molar-refractivity contribution in [3.8, 4) is 5.82 Å². The Hall–Kier alpha value is -3.20. The van der Waals surface area contributed by atoms with Crippen LogP contribution in [0.1, 0.15) is 11.1 Å². The first-order chi connectivity index (χ1) is 14.0. The van der Waals surface area contributed by atoms with Gasteiger partial charge in [0.1, 0.15) is 12.1 Å². The summed E-state index contributed by atoms with van der Waals surface area (Å²) in [7, 11) is -1.44. The van der Waals surface area contributed by atoms with Crippen molar-refractivity contribution in [1.29, 1.82) is 0 Å². The predicted octanol–water partition coefficient (Wildman–Crippen LogP) is 1.58. The Kier molecular flexibility index (Phi) is 6.61. The molecule has 2 N–H and O–H groups in total. The van der Waals surface area contributed by atoms with Gasteiger partial charge in [-0.1, -0.05) is 18.2 Å². The number of benzene rings is 1. The molecule has 3 aromatic rings. The van der Waals surface area contributed by atoms with E-state index in [9.17, 15) is 8.42 Å². The highest BCUT2D eigenvalue weighted by molar-refractivity contribution is 7.90. The van der Waals surface area contributed by atoms with Crippen molar-refractivity contribution in [2.75, 3.05) is 19.8 Å². The lowest BCUT2D eigenvalue weighted by atomic mass is 10.1. The number of guanidine groups is 1. The second-order valence-electron chi connectivity index (χ2n) is 6.51. The molecule has 0 aliphatic carbocycles. The Bertz CT molecular complexity index is 1040. The van der Waals surface area contributed by atoms with Crippen LogP contribution in [0.4, 0.5) is 0 Å². The smallest absolute Gasteiger partial charge is 0.191 e. The summed E-state index contributed by atoms with van der Waals surface area (Å²) in [6.45, 7) is 1.27. The van der Waals surface area contributed by atoms with Crippen molar-refractivity contribution in [1.82, 2.24) is 25.2 Å². The molecule has 9 heteroatoms. The Labute approximate surface area is 170 Å². The maximum absolute atomic E-state index is 11.5. The fourth-order valence-electron chi connectivity index (χ4n) is 2.70. The highest BCUT2D eigenvalue weighted by atomic mass is 32.2. The highest BCUT2D eigenvalue weighted by Crippen LogP contribution is 2.10. The van der Waals surface area contributed by atoms with Crippen LogP contribution in [0, 0.1) is 0 Å². The van der Waals surface area contributed by atoms with Crippen LogP contribution < -0.4 is 10.6 Å². The minimum atomic E-state index is -3.16. The van der Waals surface area contributed by atoms with E-state index in [-0.39, 0.29) is 0 Å². The van der Waals surface area contributed by atoms with Crippen molar-refractivity contribution in [3.63, 3.8) is 0 Å². The van der Waals surface area contributed by atoms with Gasteiger partial charge in [-0.25, -0.2) is 18.4 Å². The molecule has 2 aromatic heterocycles. The van der Waals surface area contributed by atoms with Gasteiger partial charge in [-0.05, 0) is 35.7 Å². The lowest BCUT2D eigenvalue weighted by Gasteiger charge is -2.12. The molecule has 0 bridgehead atoms. The van der Waals surface area contributed by atoms with Crippen LogP contribution in [-0.2, 0) is 22.8 Å². The van der Waals surface area contributed by atoms with Gasteiger partial charge >= 0.3 is 0 Å². The average Bonchev–Trinajstić information content (AvgIpc) is 3.25. The van der Waals surface area contributed by atoms with Gasteiger partial charge in [-0.15, -0.1) is 0 Å². The number of aliphatic imine (C=N–C) groups is 1. The molecule has 8 nitrogen and oxygen atoms in total. The van der Waals surface area contributed by atoms with Crippen LogP contribution in [0.15, 0.2) is 71.2 Å². The lowest BCUT2D eigenvalue weighted by Crippen LogP contribution is -2.37. The first-order valence-corrected chi connectivity index (χ1v) is 11.0. The Morgan fingerprint density at radius 3 is 2.45 bits per heavy atom. The second kappa shape index (κ2) is 9.33. The van der Waals surface area contributed by atoms with Crippen LogP contribution in [0.3, 0.4) is 0 Å². The van der Waals surface area contributed by atoms with E-state index in [0.717, 1.165) is 23.4 Å². The SMILES string of the molecule is CN=C(NCCc1ccc(S(C)(=O)=O)cc1)NCc1ccc(-n2ccnc2)nc1. The van der Waals surface area contributed by atoms with E-state index in [1.54, 1.807) is 31.7 Å². The number of sulfone groups is 1. The molecule has 0 saturated carbocycles. The van der Waals surface area contributed by atoms with E-state index in [0.29, 0.717) is 23.9 Å². The molecule has 0 unspecified atom stereocenters. The van der Waals surface area contributed by atoms with Gasteiger partial charge in [-0.2, -0.15) is 0 Å². The summed E-state index contributed by atoms with van der Waals surface area (Å²) in [6.07, 6.45) is 9.05. The van der Waals surface area contributed by atoms with Gasteiger partial charge in [0.15, 0.2) is 15.8 Å². The van der Waals surface area contributed by atoms with Crippen LogP contribution in [-0.4, -0.2) is 48.8 Å². The van der Waals surface area contributed by atoms with Gasteiger partial charge < -0.3 is 10.6 Å². The highest BCUT2D eigenvalue weighted by Gasteiger charge is 2.06. The first-order valence-electron chi connectivity index (χ1n) is 9.12. The minimum Gasteiger partial charge on any atom is -0.356 e. The third-order valence-corrected chi connectivity index (χ3v) is 5.45. The molecule has 0 saturated heterocycles. The fraction of sp³-hybridized carbons (Fsp3) is 0.250. The number of rotatable bonds is 7. The van der Waals surface area contributed by atoms with Crippen molar-refractivity contribution in [2.24, 2.45) is 4.99 Å². The molecule has 0 radical (unpaired) electrons. The molecule has 0 fully saturated rings. The maximum Gasteiger partial charge on any atom is 0.191 e. The van der Waals surface area contributed by atoms with Crippen LogP contribution in [0.5, 0.6) is 0 Å². The monoisotopic (exact) mass is 412 g/mol. The van der Waals surface area contributed by atoms with Crippen molar-refractivity contribution in [3.05, 3.63) is 72.4 Å². The van der Waals surface area contributed by atoms with Crippen LogP contribution >= 0.6 is 0 Å². The third kappa shape index (κ3) is 5.89. The van der Waals surface area contributed by atoms with E-state index < -0.39 is 9.84 Å². The van der Waals surface area contributed by atoms with E-state index in [2.05, 4.69) is 25.6 Å². The molecule has 0 atom stereocenters. The molecular formula is C20H24N6O2S. The standard InChI is InChI=1S/C20H24N6O2S/c1-21-20(23-10-9-16-3-6-18(7-4-16)29(2,27)28)25-14-17-5-8-19(24-13-17)26-12-11-22-15-26/h3-8,11-13,15H,9-10,14H2,1-2H3,(H2,21,23,25). The van der Waals surface area contributed by atoms with Gasteiger partial charge in [0.25, 0.3) is 0 Å². The summed E-state index contributed by atoms with van der Waals surface area (Å²) < 4.78 is 24.9. The number of aromatic nitrogens is 3. The van der Waals surface area contributed by atoms with E-state index in [4.69, 9.17) is 0 Å². The molecule has 0 aliphatic rings.